The SMILES string of the molecule is C[C@@H](NC(=O)CSc1ccc(F)cc1)c1nc(-c2ccc(F)cc2)no1. The maximum absolute atomic E-state index is 13.0. The summed E-state index contributed by atoms with van der Waals surface area (Å²) in [5.74, 6) is -0.133. The number of hydrogen-bond acceptors (Lipinski definition) is 5. The van der Waals surface area contributed by atoms with Crippen LogP contribution in [0.15, 0.2) is 57.9 Å². The maximum atomic E-state index is 13.0. The van der Waals surface area contributed by atoms with Gasteiger partial charge in [-0.15, -0.1) is 11.8 Å². The zero-order chi connectivity index (χ0) is 18.5. The second kappa shape index (κ2) is 8.09. The van der Waals surface area contributed by atoms with Gasteiger partial charge >= 0.3 is 0 Å². The number of nitrogens with one attached hydrogen (secondary N) is 1. The average molecular weight is 375 g/mol. The lowest BCUT2D eigenvalue weighted by Crippen LogP contribution is -2.28. The number of halogens is 2. The number of carbonyl (C=O) groups is 1. The van der Waals surface area contributed by atoms with E-state index in [0.717, 1.165) is 4.90 Å². The van der Waals surface area contributed by atoms with Crippen LogP contribution >= 0.6 is 11.8 Å². The van der Waals surface area contributed by atoms with Crippen LogP contribution in [0.2, 0.25) is 0 Å². The molecular formula is C18H15F2N3O2S. The van der Waals surface area contributed by atoms with E-state index in [9.17, 15) is 13.6 Å². The van der Waals surface area contributed by atoms with Gasteiger partial charge < -0.3 is 9.84 Å². The highest BCUT2D eigenvalue weighted by Gasteiger charge is 2.17. The summed E-state index contributed by atoms with van der Waals surface area (Å²) < 4.78 is 31.0. The largest absolute Gasteiger partial charge is 0.344 e. The number of rotatable bonds is 6. The molecule has 0 aliphatic carbocycles. The molecular weight excluding hydrogens is 360 g/mol. The zero-order valence-corrected chi connectivity index (χ0v) is 14.6. The Bertz CT molecular complexity index is 882. The maximum Gasteiger partial charge on any atom is 0.249 e. The van der Waals surface area contributed by atoms with Crippen LogP contribution in [0.25, 0.3) is 11.4 Å². The first-order valence-corrected chi connectivity index (χ1v) is 8.77. The van der Waals surface area contributed by atoms with Crippen molar-refractivity contribution >= 4 is 17.7 Å². The van der Waals surface area contributed by atoms with E-state index in [1.54, 1.807) is 31.2 Å². The molecule has 2 aromatic carbocycles. The van der Waals surface area contributed by atoms with Gasteiger partial charge in [0.15, 0.2) is 0 Å². The third-order valence-corrected chi connectivity index (χ3v) is 4.49. The van der Waals surface area contributed by atoms with Crippen molar-refractivity contribution in [1.29, 1.82) is 0 Å². The van der Waals surface area contributed by atoms with Gasteiger partial charge in [0, 0.05) is 10.5 Å². The quantitative estimate of drug-likeness (QED) is 0.660. The van der Waals surface area contributed by atoms with Crippen molar-refractivity contribution < 1.29 is 18.1 Å². The summed E-state index contributed by atoms with van der Waals surface area (Å²) in [5.41, 5.74) is 0.617. The van der Waals surface area contributed by atoms with Crippen molar-refractivity contribution in [1.82, 2.24) is 15.5 Å². The van der Waals surface area contributed by atoms with Crippen LogP contribution in [-0.2, 0) is 4.79 Å². The average Bonchev–Trinajstić information content (AvgIpc) is 3.12. The van der Waals surface area contributed by atoms with Crippen molar-refractivity contribution in [3.05, 3.63) is 66.1 Å². The third kappa shape index (κ3) is 4.66. The highest BCUT2D eigenvalue weighted by molar-refractivity contribution is 8.00. The van der Waals surface area contributed by atoms with Gasteiger partial charge in [0.2, 0.25) is 17.6 Å². The molecule has 0 fully saturated rings. The van der Waals surface area contributed by atoms with Gasteiger partial charge in [-0.1, -0.05) is 5.16 Å². The van der Waals surface area contributed by atoms with Gasteiger partial charge in [-0.2, -0.15) is 4.98 Å². The van der Waals surface area contributed by atoms with Crippen LogP contribution in [0.3, 0.4) is 0 Å². The Morgan fingerprint density at radius 2 is 1.73 bits per heavy atom. The molecule has 0 aliphatic rings. The molecule has 0 unspecified atom stereocenters. The lowest BCUT2D eigenvalue weighted by Gasteiger charge is -2.09. The summed E-state index contributed by atoms with van der Waals surface area (Å²) >= 11 is 1.30. The van der Waals surface area contributed by atoms with Crippen molar-refractivity contribution in [2.45, 2.75) is 17.9 Å². The predicted octanol–water partition coefficient (Wildman–Crippen LogP) is 3.98. The molecule has 0 aliphatic heterocycles. The molecule has 5 nitrogen and oxygen atoms in total. The number of nitrogens with zero attached hydrogens (tertiary/aromatic N) is 2. The molecule has 0 saturated carbocycles. The number of thioether (sulfide) groups is 1. The minimum absolute atomic E-state index is 0.176. The Morgan fingerprint density at radius 1 is 1.12 bits per heavy atom. The van der Waals surface area contributed by atoms with Crippen molar-refractivity contribution in [3.63, 3.8) is 0 Å². The lowest BCUT2D eigenvalue weighted by atomic mass is 10.2. The number of amides is 1. The topological polar surface area (TPSA) is 68.0 Å². The first-order valence-electron chi connectivity index (χ1n) is 7.78. The molecule has 1 atom stereocenters. The monoisotopic (exact) mass is 375 g/mol. The Labute approximate surface area is 152 Å². The van der Waals surface area contributed by atoms with Gasteiger partial charge in [-0.3, -0.25) is 4.79 Å². The fourth-order valence-corrected chi connectivity index (χ4v) is 2.86. The Morgan fingerprint density at radius 3 is 2.38 bits per heavy atom. The molecule has 0 spiro atoms. The number of hydrogen-bond donors (Lipinski definition) is 1. The van der Waals surface area contributed by atoms with Crippen molar-refractivity contribution in [2.24, 2.45) is 0 Å². The Balaban J connectivity index is 1.55. The van der Waals surface area contributed by atoms with Gasteiger partial charge in [0.1, 0.15) is 17.7 Å². The van der Waals surface area contributed by atoms with Crippen LogP contribution in [0.1, 0.15) is 18.9 Å². The molecule has 26 heavy (non-hydrogen) atoms. The summed E-state index contributed by atoms with van der Waals surface area (Å²) in [7, 11) is 0. The fraction of sp³-hybridized carbons (Fsp3) is 0.167. The summed E-state index contributed by atoms with van der Waals surface area (Å²) in [5, 5.41) is 6.61. The minimum Gasteiger partial charge on any atom is -0.344 e. The third-order valence-electron chi connectivity index (χ3n) is 3.48. The first-order chi connectivity index (χ1) is 12.5. The molecule has 8 heteroatoms. The van der Waals surface area contributed by atoms with Gasteiger partial charge in [-0.25, -0.2) is 8.78 Å². The zero-order valence-electron chi connectivity index (χ0n) is 13.8. The molecule has 3 aromatic rings. The van der Waals surface area contributed by atoms with E-state index in [0.29, 0.717) is 11.4 Å². The van der Waals surface area contributed by atoms with E-state index >= 15 is 0 Å². The van der Waals surface area contributed by atoms with E-state index in [4.69, 9.17) is 4.52 Å². The van der Waals surface area contributed by atoms with E-state index in [1.807, 2.05) is 0 Å². The molecule has 1 aromatic heterocycles. The van der Waals surface area contributed by atoms with Crippen LogP contribution < -0.4 is 5.32 Å². The van der Waals surface area contributed by atoms with Crippen LogP contribution in [-0.4, -0.2) is 21.8 Å². The summed E-state index contributed by atoms with van der Waals surface area (Å²) in [6.07, 6.45) is 0. The van der Waals surface area contributed by atoms with Gasteiger partial charge in [0.25, 0.3) is 0 Å². The predicted molar refractivity (Wildman–Crippen MR) is 93.4 cm³/mol. The van der Waals surface area contributed by atoms with E-state index in [2.05, 4.69) is 15.5 Å². The summed E-state index contributed by atoms with van der Waals surface area (Å²) in [6.45, 7) is 1.72. The highest BCUT2D eigenvalue weighted by Crippen LogP contribution is 2.20. The van der Waals surface area contributed by atoms with E-state index in [1.165, 1.54) is 36.0 Å². The lowest BCUT2D eigenvalue weighted by molar-refractivity contribution is -0.119. The second-order valence-electron chi connectivity index (χ2n) is 5.49. The van der Waals surface area contributed by atoms with Gasteiger partial charge in [-0.05, 0) is 55.5 Å². The smallest absolute Gasteiger partial charge is 0.249 e. The Kier molecular flexibility index (Phi) is 5.62. The summed E-state index contributed by atoms with van der Waals surface area (Å²) in [6, 6.07) is 11.2. The standard InChI is InChI=1S/C18H15F2N3O2S/c1-11(21-16(24)10-26-15-8-6-14(20)7-9-15)18-22-17(23-25-18)12-2-4-13(19)5-3-12/h2-9,11H,10H2,1H3,(H,21,24)/t11-/m1/s1. The molecule has 0 bridgehead atoms. The second-order valence-corrected chi connectivity index (χ2v) is 6.54. The Hall–Kier alpha value is -2.74. The first kappa shape index (κ1) is 18.1. The van der Waals surface area contributed by atoms with Crippen LogP contribution in [0, 0.1) is 11.6 Å². The molecule has 1 N–H and O–H groups in total. The number of benzene rings is 2. The molecule has 0 saturated heterocycles. The summed E-state index contributed by atoms with van der Waals surface area (Å²) in [4.78, 5) is 17.1. The molecule has 1 amide bonds. The molecule has 134 valence electrons. The van der Waals surface area contributed by atoms with Gasteiger partial charge in [0.05, 0.1) is 5.75 Å². The molecule has 3 rings (SSSR count). The number of carbonyl (C=O) groups excluding carboxylic acids is 1. The van der Waals surface area contributed by atoms with E-state index < -0.39 is 6.04 Å². The minimum atomic E-state index is -0.474. The van der Waals surface area contributed by atoms with Crippen molar-refractivity contribution in [3.8, 4) is 11.4 Å². The fourth-order valence-electron chi connectivity index (χ4n) is 2.15. The van der Waals surface area contributed by atoms with Crippen molar-refractivity contribution in [2.75, 3.05) is 5.75 Å². The van der Waals surface area contributed by atoms with Crippen LogP contribution in [0.5, 0.6) is 0 Å². The molecule has 0 radical (unpaired) electrons. The van der Waals surface area contributed by atoms with Crippen LogP contribution in [0.4, 0.5) is 8.78 Å². The molecule has 1 heterocycles. The normalized spacial score (nSPS) is 12.0. The van der Waals surface area contributed by atoms with E-state index in [-0.39, 0.29) is 29.2 Å². The highest BCUT2D eigenvalue weighted by atomic mass is 32.2. The number of aromatic nitrogens is 2.